The van der Waals surface area contributed by atoms with Crippen molar-refractivity contribution in [3.63, 3.8) is 0 Å². The van der Waals surface area contributed by atoms with Crippen LogP contribution in [0.2, 0.25) is 0 Å². The number of amides is 3. The molecule has 2 rings (SSSR count). The van der Waals surface area contributed by atoms with Crippen molar-refractivity contribution in [3.8, 4) is 5.75 Å². The van der Waals surface area contributed by atoms with E-state index >= 15 is 0 Å². The normalized spacial score (nSPS) is 18.0. The fourth-order valence-corrected chi connectivity index (χ4v) is 1.75. The first-order valence-corrected chi connectivity index (χ1v) is 6.07. The van der Waals surface area contributed by atoms with Gasteiger partial charge in [0.05, 0.1) is 5.57 Å². The largest absolute Gasteiger partial charge is 0.481 e. The van der Waals surface area contributed by atoms with Gasteiger partial charge in [-0.15, -0.1) is 0 Å². The lowest BCUT2D eigenvalue weighted by Crippen LogP contribution is -2.51. The number of benzene rings is 1. The topological polar surface area (TPSA) is 143 Å². The highest BCUT2D eigenvalue weighted by Gasteiger charge is 2.26. The molecule has 1 heterocycles. The minimum absolute atomic E-state index is 0.0217. The van der Waals surface area contributed by atoms with Crippen LogP contribution in [0.1, 0.15) is 5.56 Å². The molecule has 0 spiro atoms. The molecule has 1 aromatic carbocycles. The summed E-state index contributed by atoms with van der Waals surface area (Å²) < 4.78 is 5.13. The summed E-state index contributed by atoms with van der Waals surface area (Å²) in [7, 11) is 0. The molecule has 114 valence electrons. The van der Waals surface area contributed by atoms with E-state index < -0.39 is 24.5 Å². The molecule has 0 aromatic heterocycles. The van der Waals surface area contributed by atoms with E-state index in [0.29, 0.717) is 5.56 Å². The van der Waals surface area contributed by atoms with E-state index in [-0.39, 0.29) is 17.2 Å². The zero-order chi connectivity index (χ0) is 16.1. The smallest absolute Gasteiger partial charge is 0.341 e. The van der Waals surface area contributed by atoms with Gasteiger partial charge < -0.3 is 15.7 Å². The summed E-state index contributed by atoms with van der Waals surface area (Å²) in [6.45, 7) is -0.527. The lowest BCUT2D eigenvalue weighted by molar-refractivity contribution is -0.139. The third-order valence-electron chi connectivity index (χ3n) is 2.66. The van der Waals surface area contributed by atoms with Gasteiger partial charge in [0.25, 0.3) is 5.91 Å². The Balaban J connectivity index is 2.37. The minimum atomic E-state index is -1.13. The van der Waals surface area contributed by atoms with E-state index in [0.717, 1.165) is 0 Å². The number of urea groups is 1. The number of nitrogens with one attached hydrogen (secondary N) is 2. The number of para-hydroxylation sites is 1. The molecular formula is C13H12N4O5. The van der Waals surface area contributed by atoms with Gasteiger partial charge >= 0.3 is 12.0 Å². The number of hydrazone groups is 1. The number of carboxylic acid groups (broad SMARTS) is 1. The van der Waals surface area contributed by atoms with Crippen LogP contribution in [0, 0.1) is 0 Å². The van der Waals surface area contributed by atoms with Gasteiger partial charge in [-0.2, -0.15) is 5.10 Å². The quantitative estimate of drug-likeness (QED) is 0.340. The number of imide groups is 1. The molecule has 3 amide bonds. The summed E-state index contributed by atoms with van der Waals surface area (Å²) in [4.78, 5) is 33.6. The molecule has 1 aliphatic rings. The molecule has 0 unspecified atom stereocenters. The number of carbonyl (C=O) groups is 3. The van der Waals surface area contributed by atoms with Crippen LogP contribution in [0.5, 0.6) is 5.75 Å². The number of hydrogen-bond acceptors (Lipinski definition) is 6. The minimum Gasteiger partial charge on any atom is -0.481 e. The monoisotopic (exact) mass is 304 g/mol. The first-order chi connectivity index (χ1) is 10.5. The lowest BCUT2D eigenvalue weighted by Gasteiger charge is -2.17. The first-order valence-electron chi connectivity index (χ1n) is 6.07. The van der Waals surface area contributed by atoms with Crippen molar-refractivity contribution in [3.05, 3.63) is 35.4 Å². The number of nitrogens with two attached hydrogens (primary N) is 1. The van der Waals surface area contributed by atoms with Crippen LogP contribution in [-0.2, 0) is 9.59 Å². The Kier molecular flexibility index (Phi) is 4.37. The predicted octanol–water partition coefficient (Wildman–Crippen LogP) is -0.355. The maximum atomic E-state index is 11.8. The van der Waals surface area contributed by atoms with E-state index in [9.17, 15) is 14.4 Å². The van der Waals surface area contributed by atoms with Gasteiger partial charge in [0, 0.05) is 5.56 Å². The number of hydrogen-bond donors (Lipinski definition) is 4. The van der Waals surface area contributed by atoms with Crippen LogP contribution < -0.4 is 21.2 Å². The third-order valence-corrected chi connectivity index (χ3v) is 2.66. The predicted molar refractivity (Wildman–Crippen MR) is 75.8 cm³/mol. The van der Waals surface area contributed by atoms with Crippen LogP contribution in [-0.4, -0.2) is 35.5 Å². The van der Waals surface area contributed by atoms with Crippen molar-refractivity contribution in [2.45, 2.75) is 0 Å². The molecule has 1 aliphatic heterocycles. The van der Waals surface area contributed by atoms with Crippen LogP contribution in [0.4, 0.5) is 4.79 Å². The number of rotatable bonds is 4. The second-order valence-corrected chi connectivity index (χ2v) is 4.16. The van der Waals surface area contributed by atoms with E-state index in [1.807, 2.05) is 0 Å². The van der Waals surface area contributed by atoms with Gasteiger partial charge in [-0.3, -0.25) is 15.4 Å². The molecule has 9 nitrogen and oxygen atoms in total. The number of nitrogens with zero attached hydrogens (tertiary/aromatic N) is 1. The Morgan fingerprint density at radius 2 is 2.05 bits per heavy atom. The van der Waals surface area contributed by atoms with E-state index in [2.05, 4.69) is 15.7 Å². The van der Waals surface area contributed by atoms with Gasteiger partial charge in [-0.1, -0.05) is 18.2 Å². The van der Waals surface area contributed by atoms with Gasteiger partial charge in [-0.25, -0.2) is 9.59 Å². The Morgan fingerprint density at radius 1 is 1.32 bits per heavy atom. The maximum absolute atomic E-state index is 11.8. The number of carboxylic acids is 1. The highest BCUT2D eigenvalue weighted by Crippen LogP contribution is 2.21. The molecular weight excluding hydrogens is 292 g/mol. The zero-order valence-corrected chi connectivity index (χ0v) is 11.2. The average molecular weight is 304 g/mol. The average Bonchev–Trinajstić information content (AvgIpc) is 2.48. The number of ether oxygens (including phenoxy) is 1. The summed E-state index contributed by atoms with van der Waals surface area (Å²) >= 11 is 0. The molecule has 0 saturated carbocycles. The molecule has 0 radical (unpaired) electrons. The fourth-order valence-electron chi connectivity index (χ4n) is 1.75. The van der Waals surface area contributed by atoms with Crippen LogP contribution in [0.3, 0.4) is 0 Å². The maximum Gasteiger partial charge on any atom is 0.341 e. The van der Waals surface area contributed by atoms with Gasteiger partial charge in [0.1, 0.15) is 5.75 Å². The molecule has 22 heavy (non-hydrogen) atoms. The first kappa shape index (κ1) is 15.0. The van der Waals surface area contributed by atoms with Crippen molar-refractivity contribution in [2.75, 3.05) is 6.61 Å². The molecule has 0 aliphatic carbocycles. The van der Waals surface area contributed by atoms with Crippen molar-refractivity contribution in [1.29, 1.82) is 0 Å². The van der Waals surface area contributed by atoms with Crippen molar-refractivity contribution in [2.24, 2.45) is 10.9 Å². The molecule has 1 saturated heterocycles. The second kappa shape index (κ2) is 6.39. The van der Waals surface area contributed by atoms with E-state index in [1.54, 1.807) is 24.3 Å². The number of carbonyl (C=O) groups excluding carboxylic acids is 2. The van der Waals surface area contributed by atoms with Gasteiger partial charge in [-0.05, 0) is 12.1 Å². The summed E-state index contributed by atoms with van der Waals surface area (Å²) in [5.74, 6) is 3.51. The van der Waals surface area contributed by atoms with Crippen LogP contribution >= 0.6 is 0 Å². The standard InChI is InChI=1S/C13H12N4O5/c14-17-11-8(12(20)16-13(21)15-11)5-7-3-1-2-4-9(7)22-6-10(18)19/h1-5H,6,14H2,(H,18,19)(H2,15,16,17,20,21)/b8-5-. The number of amidine groups is 1. The van der Waals surface area contributed by atoms with Crippen LogP contribution in [0.15, 0.2) is 34.9 Å². The Morgan fingerprint density at radius 3 is 2.73 bits per heavy atom. The lowest BCUT2D eigenvalue weighted by atomic mass is 10.1. The zero-order valence-electron chi connectivity index (χ0n) is 11.2. The summed E-state index contributed by atoms with van der Waals surface area (Å²) in [5.41, 5.74) is 0.458. The Bertz CT molecular complexity index is 695. The van der Waals surface area contributed by atoms with E-state index in [1.165, 1.54) is 6.08 Å². The molecule has 1 fully saturated rings. The molecule has 0 atom stereocenters. The number of aliphatic carboxylic acids is 1. The van der Waals surface area contributed by atoms with Crippen molar-refractivity contribution >= 4 is 29.8 Å². The molecule has 5 N–H and O–H groups in total. The summed E-state index contributed by atoms with van der Waals surface area (Å²) in [6, 6.07) is 5.76. The highest BCUT2D eigenvalue weighted by molar-refractivity contribution is 6.32. The SMILES string of the molecule is N/N=C1\NC(=O)NC(=O)\C1=C/c1ccccc1OCC(=O)O. The van der Waals surface area contributed by atoms with Crippen molar-refractivity contribution < 1.29 is 24.2 Å². The summed E-state index contributed by atoms with van der Waals surface area (Å²) in [6.07, 6.45) is 1.39. The van der Waals surface area contributed by atoms with Gasteiger partial charge in [0.2, 0.25) is 0 Å². The summed E-state index contributed by atoms with van der Waals surface area (Å²) in [5, 5.41) is 16.3. The van der Waals surface area contributed by atoms with E-state index in [4.69, 9.17) is 15.7 Å². The fraction of sp³-hybridized carbons (Fsp3) is 0.0769. The van der Waals surface area contributed by atoms with Gasteiger partial charge in [0.15, 0.2) is 12.4 Å². The second-order valence-electron chi connectivity index (χ2n) is 4.16. The van der Waals surface area contributed by atoms with Crippen LogP contribution in [0.25, 0.3) is 6.08 Å². The Labute approximate surface area is 124 Å². The molecule has 1 aromatic rings. The highest BCUT2D eigenvalue weighted by atomic mass is 16.5. The van der Waals surface area contributed by atoms with Crippen molar-refractivity contribution in [1.82, 2.24) is 10.6 Å². The molecule has 0 bridgehead atoms. The Hall–Kier alpha value is -3.36. The third kappa shape index (κ3) is 3.39. The molecule has 9 heteroatoms.